The highest BCUT2D eigenvalue weighted by molar-refractivity contribution is 5.95. The van der Waals surface area contributed by atoms with E-state index < -0.39 is 10.8 Å². The zero-order valence-electron chi connectivity index (χ0n) is 15.0. The summed E-state index contributed by atoms with van der Waals surface area (Å²) in [5.74, 6) is -0.544. The molecule has 0 spiro atoms. The van der Waals surface area contributed by atoms with Crippen LogP contribution >= 0.6 is 0 Å². The number of carbonyl (C=O) groups excluding carboxylic acids is 1. The summed E-state index contributed by atoms with van der Waals surface area (Å²) in [6, 6.07) is 15.9. The van der Waals surface area contributed by atoms with E-state index >= 15 is 0 Å². The number of benzene rings is 2. The first-order chi connectivity index (χ1) is 13.6. The number of aromatic nitrogens is 2. The maximum atomic E-state index is 12.2. The minimum atomic E-state index is -0.603. The third-order valence-corrected chi connectivity index (χ3v) is 3.99. The van der Waals surface area contributed by atoms with Crippen molar-refractivity contribution in [1.82, 2.24) is 15.4 Å². The smallest absolute Gasteiger partial charge is 0.334 e. The fourth-order valence-corrected chi connectivity index (χ4v) is 2.59. The van der Waals surface area contributed by atoms with Crippen LogP contribution in [0.5, 0.6) is 0 Å². The zero-order chi connectivity index (χ0) is 19.9. The molecule has 9 nitrogen and oxygen atoms in total. The molecule has 0 aliphatic heterocycles. The van der Waals surface area contributed by atoms with Crippen molar-refractivity contribution in [2.24, 2.45) is 0 Å². The number of rotatable bonds is 7. The number of nitro groups is 1. The molecule has 0 fully saturated rings. The molecule has 1 heterocycles. The summed E-state index contributed by atoms with van der Waals surface area (Å²) in [6.07, 6.45) is 1.93. The van der Waals surface area contributed by atoms with E-state index in [0.717, 1.165) is 12.0 Å². The van der Waals surface area contributed by atoms with Crippen LogP contribution in [0.2, 0.25) is 0 Å². The molecular formula is C19H18N6O3. The van der Waals surface area contributed by atoms with Gasteiger partial charge in [0.05, 0.1) is 4.92 Å². The van der Waals surface area contributed by atoms with Gasteiger partial charge in [-0.3, -0.25) is 25.8 Å². The first kappa shape index (κ1) is 18.8. The van der Waals surface area contributed by atoms with Crippen LogP contribution in [0.3, 0.4) is 0 Å². The molecule has 2 aromatic carbocycles. The number of carbonyl (C=O) groups is 1. The monoisotopic (exact) mass is 378 g/mol. The second-order valence-electron chi connectivity index (χ2n) is 5.76. The number of hydrogen-bond donors (Lipinski definition) is 3. The predicted octanol–water partition coefficient (Wildman–Crippen LogP) is 3.45. The van der Waals surface area contributed by atoms with Crippen LogP contribution in [0.1, 0.15) is 22.8 Å². The maximum Gasteiger partial charge on any atom is 0.355 e. The lowest BCUT2D eigenvalue weighted by atomic mass is 10.1. The average molecular weight is 378 g/mol. The van der Waals surface area contributed by atoms with E-state index in [2.05, 4.69) is 26.1 Å². The standard InChI is InChI=1S/C19H18N6O3/c1-2-13-8-6-7-11-15(13)22-17-16(25(27)28)18(21-12-20-17)23-24-19(26)14-9-4-3-5-10-14/h3-12H,2H2,1H3,(H,24,26)(H2,20,21,22,23). The molecule has 3 N–H and O–H groups in total. The lowest BCUT2D eigenvalue weighted by molar-refractivity contribution is -0.383. The Morgan fingerprint density at radius 2 is 1.71 bits per heavy atom. The van der Waals surface area contributed by atoms with Gasteiger partial charge in [0.25, 0.3) is 5.91 Å². The molecule has 9 heteroatoms. The van der Waals surface area contributed by atoms with E-state index in [1.807, 2.05) is 31.2 Å². The van der Waals surface area contributed by atoms with Crippen LogP contribution in [-0.2, 0) is 6.42 Å². The predicted molar refractivity (Wildman–Crippen MR) is 105 cm³/mol. The van der Waals surface area contributed by atoms with Crippen molar-refractivity contribution in [3.8, 4) is 0 Å². The third-order valence-electron chi connectivity index (χ3n) is 3.99. The van der Waals surface area contributed by atoms with Gasteiger partial charge in [0, 0.05) is 11.3 Å². The molecule has 0 saturated heterocycles. The number of nitrogens with zero attached hydrogens (tertiary/aromatic N) is 3. The molecule has 0 saturated carbocycles. The molecule has 0 unspecified atom stereocenters. The largest absolute Gasteiger partial charge is 0.355 e. The quantitative estimate of drug-likeness (QED) is 0.425. The van der Waals surface area contributed by atoms with E-state index in [4.69, 9.17) is 0 Å². The summed E-state index contributed by atoms with van der Waals surface area (Å²) in [5.41, 5.74) is 6.66. The molecule has 28 heavy (non-hydrogen) atoms. The number of nitrogens with one attached hydrogen (secondary N) is 3. The fraction of sp³-hybridized carbons (Fsp3) is 0.105. The van der Waals surface area contributed by atoms with Gasteiger partial charge in [-0.25, -0.2) is 9.97 Å². The highest BCUT2D eigenvalue weighted by Crippen LogP contribution is 2.31. The molecule has 0 atom stereocenters. The van der Waals surface area contributed by atoms with Gasteiger partial charge in [-0.05, 0) is 30.2 Å². The molecule has 1 amide bonds. The normalized spacial score (nSPS) is 10.2. The average Bonchev–Trinajstić information content (AvgIpc) is 2.73. The second kappa shape index (κ2) is 8.58. The van der Waals surface area contributed by atoms with Gasteiger partial charge in [0.2, 0.25) is 11.6 Å². The van der Waals surface area contributed by atoms with E-state index in [1.165, 1.54) is 6.33 Å². The van der Waals surface area contributed by atoms with Gasteiger partial charge in [-0.1, -0.05) is 43.3 Å². The Morgan fingerprint density at radius 1 is 1.04 bits per heavy atom. The lowest BCUT2D eigenvalue weighted by Crippen LogP contribution is -2.30. The van der Waals surface area contributed by atoms with Gasteiger partial charge in [-0.15, -0.1) is 0 Å². The fourth-order valence-electron chi connectivity index (χ4n) is 2.59. The van der Waals surface area contributed by atoms with Gasteiger partial charge in [-0.2, -0.15) is 0 Å². The number of aryl methyl sites for hydroxylation is 1. The summed E-state index contributed by atoms with van der Waals surface area (Å²) < 4.78 is 0. The van der Waals surface area contributed by atoms with Crippen LogP contribution in [0.15, 0.2) is 60.9 Å². The lowest BCUT2D eigenvalue weighted by Gasteiger charge is -2.12. The number of anilines is 3. The summed E-state index contributed by atoms with van der Waals surface area (Å²) in [4.78, 5) is 31.1. The first-order valence-corrected chi connectivity index (χ1v) is 8.56. The Morgan fingerprint density at radius 3 is 2.43 bits per heavy atom. The summed E-state index contributed by atoms with van der Waals surface area (Å²) in [7, 11) is 0. The summed E-state index contributed by atoms with van der Waals surface area (Å²) >= 11 is 0. The van der Waals surface area contributed by atoms with Gasteiger partial charge >= 0.3 is 5.69 Å². The maximum absolute atomic E-state index is 12.2. The molecule has 0 aliphatic carbocycles. The molecule has 0 radical (unpaired) electrons. The van der Waals surface area contributed by atoms with Crippen molar-refractivity contribution in [1.29, 1.82) is 0 Å². The summed E-state index contributed by atoms with van der Waals surface area (Å²) in [5, 5.41) is 14.6. The van der Waals surface area contributed by atoms with Crippen LogP contribution in [0.25, 0.3) is 0 Å². The Hall–Kier alpha value is -4.01. The SMILES string of the molecule is CCc1ccccc1Nc1ncnc(NNC(=O)c2ccccc2)c1[N+](=O)[O-]. The van der Waals surface area contributed by atoms with Crippen LogP contribution < -0.4 is 16.2 Å². The van der Waals surface area contributed by atoms with Crippen molar-refractivity contribution in [2.75, 3.05) is 10.7 Å². The van der Waals surface area contributed by atoms with Crippen molar-refractivity contribution < 1.29 is 9.72 Å². The second-order valence-corrected chi connectivity index (χ2v) is 5.76. The minimum absolute atomic E-state index is 0.0253. The Bertz CT molecular complexity index is 994. The van der Waals surface area contributed by atoms with Gasteiger partial charge in [0.15, 0.2) is 0 Å². The third kappa shape index (κ3) is 4.21. The molecular weight excluding hydrogens is 360 g/mol. The highest BCUT2D eigenvalue weighted by atomic mass is 16.6. The van der Waals surface area contributed by atoms with E-state index in [-0.39, 0.29) is 17.3 Å². The number of hydrogen-bond acceptors (Lipinski definition) is 7. The number of para-hydroxylation sites is 1. The van der Waals surface area contributed by atoms with Crippen molar-refractivity contribution in [3.05, 3.63) is 82.2 Å². The summed E-state index contributed by atoms with van der Waals surface area (Å²) in [6.45, 7) is 1.99. The van der Waals surface area contributed by atoms with Crippen LogP contribution in [0, 0.1) is 10.1 Å². The number of hydrazine groups is 1. The van der Waals surface area contributed by atoms with Crippen LogP contribution in [-0.4, -0.2) is 20.8 Å². The van der Waals surface area contributed by atoms with E-state index in [1.54, 1.807) is 30.3 Å². The molecule has 3 aromatic rings. The van der Waals surface area contributed by atoms with Crippen LogP contribution in [0.4, 0.5) is 23.0 Å². The Kier molecular flexibility index (Phi) is 5.75. The Labute approximate surface area is 161 Å². The van der Waals surface area contributed by atoms with Crippen molar-refractivity contribution >= 4 is 28.9 Å². The molecule has 3 rings (SSSR count). The van der Waals surface area contributed by atoms with E-state index in [0.29, 0.717) is 11.3 Å². The minimum Gasteiger partial charge on any atom is -0.334 e. The molecule has 0 bridgehead atoms. The molecule has 1 aromatic heterocycles. The van der Waals surface area contributed by atoms with Gasteiger partial charge in [0.1, 0.15) is 6.33 Å². The molecule has 142 valence electrons. The zero-order valence-corrected chi connectivity index (χ0v) is 15.0. The Balaban J connectivity index is 1.85. The van der Waals surface area contributed by atoms with Crippen molar-refractivity contribution in [2.45, 2.75) is 13.3 Å². The van der Waals surface area contributed by atoms with E-state index in [9.17, 15) is 14.9 Å². The number of amides is 1. The van der Waals surface area contributed by atoms with Gasteiger partial charge < -0.3 is 5.32 Å². The first-order valence-electron chi connectivity index (χ1n) is 8.56. The highest BCUT2D eigenvalue weighted by Gasteiger charge is 2.24. The molecule has 0 aliphatic rings. The van der Waals surface area contributed by atoms with Crippen molar-refractivity contribution in [3.63, 3.8) is 0 Å². The topological polar surface area (TPSA) is 122 Å².